The van der Waals surface area contributed by atoms with Gasteiger partial charge in [0.1, 0.15) is 0 Å². The molecule has 1 atom stereocenters. The Balaban J connectivity index is 0.00000529. The summed E-state index contributed by atoms with van der Waals surface area (Å²) >= 11 is 1.77. The molecule has 0 saturated carbocycles. The number of hydrogen-bond donors (Lipinski definition) is 3. The summed E-state index contributed by atoms with van der Waals surface area (Å²) in [6.07, 6.45) is 0. The fourth-order valence-corrected chi connectivity index (χ4v) is 2.63. The Kier molecular flexibility index (Phi) is 11.3. The summed E-state index contributed by atoms with van der Waals surface area (Å²) in [5.74, 6) is 1.26. The van der Waals surface area contributed by atoms with Gasteiger partial charge in [-0.05, 0) is 18.4 Å². The lowest BCUT2D eigenvalue weighted by Gasteiger charge is -2.18. The van der Waals surface area contributed by atoms with Crippen LogP contribution in [-0.4, -0.2) is 38.0 Å². The quantitative estimate of drug-likeness (QED) is 0.250. The topological polar surface area (TPSA) is 65.5 Å². The van der Waals surface area contributed by atoms with Crippen molar-refractivity contribution in [2.45, 2.75) is 40.5 Å². The maximum absolute atomic E-state index is 11.8. The number of carbonyl (C=O) groups excluding carboxylic acids is 1. The van der Waals surface area contributed by atoms with Crippen LogP contribution >= 0.6 is 35.3 Å². The molecule has 1 unspecified atom stereocenters. The molecule has 0 aliphatic heterocycles. The van der Waals surface area contributed by atoms with E-state index in [0.717, 1.165) is 19.0 Å². The maximum atomic E-state index is 11.8. The molecule has 3 N–H and O–H groups in total. The highest BCUT2D eigenvalue weighted by atomic mass is 127. The summed E-state index contributed by atoms with van der Waals surface area (Å²) in [7, 11) is 0. The van der Waals surface area contributed by atoms with Gasteiger partial charge in [0.2, 0.25) is 5.91 Å². The van der Waals surface area contributed by atoms with Crippen molar-refractivity contribution >= 4 is 47.2 Å². The molecule has 138 valence electrons. The number of halogens is 1. The lowest BCUT2D eigenvalue weighted by atomic mass is 9.96. The smallest absolute Gasteiger partial charge is 0.225 e. The van der Waals surface area contributed by atoms with Crippen LogP contribution in [0.3, 0.4) is 0 Å². The van der Waals surface area contributed by atoms with Gasteiger partial charge in [-0.3, -0.25) is 9.79 Å². The van der Waals surface area contributed by atoms with Crippen LogP contribution in [0.4, 0.5) is 0 Å². The van der Waals surface area contributed by atoms with Crippen LogP contribution < -0.4 is 16.0 Å². The molecule has 1 aromatic heterocycles. The van der Waals surface area contributed by atoms with Crippen LogP contribution in [0.1, 0.15) is 45.4 Å². The molecule has 0 saturated heterocycles. The second-order valence-electron chi connectivity index (χ2n) is 6.57. The first kappa shape index (κ1) is 23.2. The standard InChI is InChI=1S/C17H30N4OS.HI/c1-6-18-16(20-10-9-19-15(22)17(3,4)5)21-12-13(2)14-8-7-11-23-14;/h7-8,11,13H,6,9-10,12H2,1-5H3,(H,19,22)(H2,18,20,21);1H. The molecule has 0 fully saturated rings. The molecule has 0 radical (unpaired) electrons. The second kappa shape index (κ2) is 11.7. The molecule has 0 bridgehead atoms. The van der Waals surface area contributed by atoms with E-state index in [1.165, 1.54) is 4.88 Å². The first-order chi connectivity index (χ1) is 10.8. The third kappa shape index (κ3) is 8.86. The van der Waals surface area contributed by atoms with Crippen LogP contribution in [0.2, 0.25) is 0 Å². The van der Waals surface area contributed by atoms with Gasteiger partial charge in [0.25, 0.3) is 0 Å². The zero-order chi connectivity index (χ0) is 17.3. The molecule has 1 aromatic rings. The van der Waals surface area contributed by atoms with Gasteiger partial charge in [0.05, 0.1) is 6.54 Å². The van der Waals surface area contributed by atoms with Gasteiger partial charge >= 0.3 is 0 Å². The SMILES string of the molecule is CCNC(=NCC(C)c1cccs1)NCCNC(=O)C(C)(C)C.I. The third-order valence-corrected chi connectivity index (χ3v) is 4.38. The normalized spacial score (nSPS) is 13.0. The number of amides is 1. The number of nitrogens with zero attached hydrogens (tertiary/aromatic N) is 1. The van der Waals surface area contributed by atoms with Crippen molar-refractivity contribution in [3.05, 3.63) is 22.4 Å². The highest BCUT2D eigenvalue weighted by Gasteiger charge is 2.20. The number of thiophene rings is 1. The molecule has 1 rings (SSSR count). The summed E-state index contributed by atoms with van der Waals surface area (Å²) in [5, 5.41) is 11.5. The predicted molar refractivity (Wildman–Crippen MR) is 115 cm³/mol. The van der Waals surface area contributed by atoms with Crippen molar-refractivity contribution in [3.63, 3.8) is 0 Å². The fourth-order valence-electron chi connectivity index (χ4n) is 1.85. The predicted octanol–water partition coefficient (Wildman–Crippen LogP) is 3.19. The highest BCUT2D eigenvalue weighted by Crippen LogP contribution is 2.20. The van der Waals surface area contributed by atoms with Crippen molar-refractivity contribution in [1.82, 2.24) is 16.0 Å². The van der Waals surface area contributed by atoms with Crippen molar-refractivity contribution in [1.29, 1.82) is 0 Å². The maximum Gasteiger partial charge on any atom is 0.225 e. The van der Waals surface area contributed by atoms with E-state index in [-0.39, 0.29) is 35.3 Å². The Labute approximate surface area is 167 Å². The molecular formula is C17H31IN4OS. The van der Waals surface area contributed by atoms with Gasteiger partial charge in [-0.25, -0.2) is 0 Å². The van der Waals surface area contributed by atoms with E-state index in [1.54, 1.807) is 11.3 Å². The van der Waals surface area contributed by atoms with Gasteiger partial charge < -0.3 is 16.0 Å². The van der Waals surface area contributed by atoms with Crippen molar-refractivity contribution in [3.8, 4) is 0 Å². The lowest BCUT2D eigenvalue weighted by molar-refractivity contribution is -0.128. The summed E-state index contributed by atoms with van der Waals surface area (Å²) in [6, 6.07) is 4.22. The first-order valence-electron chi connectivity index (χ1n) is 8.18. The number of carbonyl (C=O) groups is 1. The third-order valence-electron chi connectivity index (χ3n) is 3.28. The minimum atomic E-state index is -0.352. The van der Waals surface area contributed by atoms with E-state index < -0.39 is 0 Å². The van der Waals surface area contributed by atoms with Crippen molar-refractivity contribution in [2.24, 2.45) is 10.4 Å². The molecular weight excluding hydrogens is 435 g/mol. The van der Waals surface area contributed by atoms with Gasteiger partial charge in [0, 0.05) is 35.8 Å². The van der Waals surface area contributed by atoms with Crippen LogP contribution in [0.5, 0.6) is 0 Å². The Bertz CT molecular complexity index is 497. The van der Waals surface area contributed by atoms with E-state index in [0.29, 0.717) is 19.0 Å². The zero-order valence-electron chi connectivity index (χ0n) is 15.3. The molecule has 5 nitrogen and oxygen atoms in total. The highest BCUT2D eigenvalue weighted by molar-refractivity contribution is 14.0. The molecule has 0 aliphatic rings. The molecule has 1 amide bonds. The fraction of sp³-hybridized carbons (Fsp3) is 0.647. The zero-order valence-corrected chi connectivity index (χ0v) is 18.5. The van der Waals surface area contributed by atoms with Gasteiger partial charge in [0.15, 0.2) is 5.96 Å². The van der Waals surface area contributed by atoms with E-state index >= 15 is 0 Å². The lowest BCUT2D eigenvalue weighted by Crippen LogP contribution is -2.43. The van der Waals surface area contributed by atoms with Crippen LogP contribution in [0.25, 0.3) is 0 Å². The molecule has 0 aromatic carbocycles. The molecule has 0 spiro atoms. The first-order valence-corrected chi connectivity index (χ1v) is 9.06. The number of guanidine groups is 1. The van der Waals surface area contributed by atoms with Gasteiger partial charge in [-0.1, -0.05) is 33.8 Å². The Morgan fingerprint density at radius 3 is 2.46 bits per heavy atom. The average Bonchev–Trinajstić information content (AvgIpc) is 3.01. The van der Waals surface area contributed by atoms with Crippen LogP contribution in [0.15, 0.2) is 22.5 Å². The number of aliphatic imine (C=N–C) groups is 1. The summed E-state index contributed by atoms with van der Waals surface area (Å²) < 4.78 is 0. The molecule has 0 aliphatic carbocycles. The molecule has 24 heavy (non-hydrogen) atoms. The summed E-state index contributed by atoms with van der Waals surface area (Å²) in [5.41, 5.74) is -0.352. The van der Waals surface area contributed by atoms with Gasteiger partial charge in [-0.2, -0.15) is 0 Å². The molecule has 1 heterocycles. The Hall–Kier alpha value is -0.830. The second-order valence-corrected chi connectivity index (χ2v) is 7.55. The van der Waals surface area contributed by atoms with Crippen LogP contribution in [-0.2, 0) is 4.79 Å². The summed E-state index contributed by atoms with van der Waals surface area (Å²) in [4.78, 5) is 17.8. The number of rotatable bonds is 7. The van der Waals surface area contributed by atoms with Crippen LogP contribution in [0, 0.1) is 5.41 Å². The number of nitrogens with one attached hydrogen (secondary N) is 3. The van der Waals surface area contributed by atoms with E-state index in [4.69, 9.17) is 0 Å². The largest absolute Gasteiger partial charge is 0.357 e. The van der Waals surface area contributed by atoms with Crippen molar-refractivity contribution < 1.29 is 4.79 Å². The Morgan fingerprint density at radius 1 is 1.25 bits per heavy atom. The summed E-state index contributed by atoms with van der Waals surface area (Å²) in [6.45, 7) is 12.7. The van der Waals surface area contributed by atoms with E-state index in [2.05, 4.69) is 45.4 Å². The monoisotopic (exact) mass is 466 g/mol. The Morgan fingerprint density at radius 2 is 1.92 bits per heavy atom. The number of hydrogen-bond acceptors (Lipinski definition) is 3. The van der Waals surface area contributed by atoms with E-state index in [9.17, 15) is 4.79 Å². The van der Waals surface area contributed by atoms with E-state index in [1.807, 2.05) is 27.7 Å². The van der Waals surface area contributed by atoms with Crippen molar-refractivity contribution in [2.75, 3.05) is 26.2 Å². The van der Waals surface area contributed by atoms with Gasteiger partial charge in [-0.15, -0.1) is 35.3 Å². The minimum absolute atomic E-state index is 0. The minimum Gasteiger partial charge on any atom is -0.357 e. The average molecular weight is 466 g/mol. The molecule has 7 heteroatoms.